The van der Waals surface area contributed by atoms with E-state index in [1.165, 1.54) is 0 Å². The first-order valence-electron chi connectivity index (χ1n) is 11.3. The van der Waals surface area contributed by atoms with Crippen molar-refractivity contribution in [2.45, 2.75) is 38.8 Å². The Morgan fingerprint density at radius 2 is 2.03 bits per heavy atom. The van der Waals surface area contributed by atoms with Crippen molar-refractivity contribution in [3.63, 3.8) is 0 Å². The van der Waals surface area contributed by atoms with Crippen LogP contribution in [0.5, 0.6) is 0 Å². The monoisotopic (exact) mass is 467 g/mol. The van der Waals surface area contributed by atoms with E-state index in [0.29, 0.717) is 40.3 Å². The molecule has 176 valence electrons. The summed E-state index contributed by atoms with van der Waals surface area (Å²) in [6.45, 7) is 2.74. The second-order valence-corrected chi connectivity index (χ2v) is 9.12. The Morgan fingerprint density at radius 1 is 1.24 bits per heavy atom. The summed E-state index contributed by atoms with van der Waals surface area (Å²) in [5, 5.41) is 11.9. The first kappa shape index (κ1) is 20.9. The molecule has 1 saturated heterocycles. The first-order valence-corrected chi connectivity index (χ1v) is 11.3. The third-order valence-corrected chi connectivity index (χ3v) is 6.91. The van der Waals surface area contributed by atoms with Gasteiger partial charge in [0, 0.05) is 49.4 Å². The minimum absolute atomic E-state index is 0.152. The molecule has 2 fully saturated rings. The van der Waals surface area contributed by atoms with Gasteiger partial charge in [0.2, 0.25) is 11.9 Å². The first-order chi connectivity index (χ1) is 16.4. The van der Waals surface area contributed by atoms with Gasteiger partial charge >= 0.3 is 0 Å². The maximum Gasteiger partial charge on any atom is 0.258 e. The molecule has 4 aromatic heterocycles. The van der Waals surface area contributed by atoms with Crippen molar-refractivity contribution in [3.05, 3.63) is 24.5 Å². The zero-order chi connectivity index (χ0) is 23.4. The molecule has 1 saturated carbocycles. The maximum atomic E-state index is 12.8. The van der Waals surface area contributed by atoms with Crippen molar-refractivity contribution in [1.29, 1.82) is 0 Å². The van der Waals surface area contributed by atoms with Crippen molar-refractivity contribution in [2.75, 3.05) is 18.4 Å². The van der Waals surface area contributed by atoms with Gasteiger partial charge < -0.3 is 15.2 Å². The third-order valence-electron chi connectivity index (χ3n) is 6.91. The number of H-pyrrole nitrogens is 1. The molecule has 4 aromatic rings. The van der Waals surface area contributed by atoms with Crippen molar-refractivity contribution >= 4 is 34.1 Å². The normalized spacial score (nSPS) is 22.2. The fourth-order valence-corrected chi connectivity index (χ4v) is 5.30. The Balaban J connectivity index is 1.21. The molecule has 2 N–H and O–H groups in total. The minimum Gasteiger partial charge on any atom is -0.351 e. The summed E-state index contributed by atoms with van der Waals surface area (Å²) in [4.78, 5) is 30.4. The third kappa shape index (κ3) is 3.62. The van der Waals surface area contributed by atoms with Crippen molar-refractivity contribution in [1.82, 2.24) is 39.8 Å². The molecular weight excluding hydrogens is 444 g/mol. The van der Waals surface area contributed by atoms with E-state index in [2.05, 4.69) is 35.6 Å². The summed E-state index contributed by atoms with van der Waals surface area (Å²) >= 11 is 0. The zero-order valence-corrected chi connectivity index (χ0v) is 18.4. The van der Waals surface area contributed by atoms with Crippen LogP contribution in [0.1, 0.15) is 19.8 Å². The van der Waals surface area contributed by atoms with Crippen molar-refractivity contribution < 1.29 is 13.6 Å². The summed E-state index contributed by atoms with van der Waals surface area (Å²) in [5.41, 5.74) is 2.79. The molecule has 0 bridgehead atoms. The van der Waals surface area contributed by atoms with E-state index in [0.717, 1.165) is 41.6 Å². The number of hydrogen-bond donors (Lipinski definition) is 2. The van der Waals surface area contributed by atoms with Crippen LogP contribution < -0.4 is 5.32 Å². The van der Waals surface area contributed by atoms with Crippen LogP contribution in [0.2, 0.25) is 0 Å². The van der Waals surface area contributed by atoms with E-state index in [9.17, 15) is 13.6 Å². The minimum atomic E-state index is -2.55. The highest BCUT2D eigenvalue weighted by Gasteiger charge is 2.41. The van der Waals surface area contributed by atoms with Crippen LogP contribution in [-0.4, -0.2) is 71.3 Å². The number of nitrogens with one attached hydrogen (secondary N) is 2. The lowest BCUT2D eigenvalue weighted by Crippen LogP contribution is -2.29. The SMILES string of the molecule is CC(=O)N1C[C@H]2C[C@H](Nc3ncc4c(-c5ccc6nnn(CC(F)F)c6n5)c[nH]c4n3)C[C@H]2C1. The zero-order valence-electron chi connectivity index (χ0n) is 18.4. The van der Waals surface area contributed by atoms with Gasteiger partial charge in [0.25, 0.3) is 6.43 Å². The number of alkyl halides is 2. The van der Waals surface area contributed by atoms with Gasteiger partial charge in [0.05, 0.1) is 5.69 Å². The van der Waals surface area contributed by atoms with Gasteiger partial charge in [-0.3, -0.25) is 4.79 Å². The average molecular weight is 467 g/mol. The number of hydrogen-bond acceptors (Lipinski definition) is 7. The number of pyridine rings is 1. The van der Waals surface area contributed by atoms with Crippen LogP contribution in [0.15, 0.2) is 24.5 Å². The maximum absolute atomic E-state index is 12.8. The number of aromatic amines is 1. The van der Waals surface area contributed by atoms with Crippen LogP contribution in [0, 0.1) is 11.8 Å². The topological polar surface area (TPSA) is 118 Å². The smallest absolute Gasteiger partial charge is 0.258 e. The number of fused-ring (bicyclic) bond motifs is 3. The van der Waals surface area contributed by atoms with Crippen molar-refractivity contribution in [3.8, 4) is 11.3 Å². The molecule has 0 radical (unpaired) electrons. The number of rotatable bonds is 5. The Kier molecular flexibility index (Phi) is 4.89. The van der Waals surface area contributed by atoms with Crippen LogP contribution in [-0.2, 0) is 11.3 Å². The number of halogens is 2. The van der Waals surface area contributed by atoms with Gasteiger partial charge in [-0.25, -0.2) is 23.4 Å². The Bertz CT molecular complexity index is 1370. The molecule has 3 atom stereocenters. The summed E-state index contributed by atoms with van der Waals surface area (Å²) in [6, 6.07) is 3.77. The number of amides is 1. The van der Waals surface area contributed by atoms with E-state index in [4.69, 9.17) is 0 Å². The number of aromatic nitrogens is 7. The summed E-state index contributed by atoms with van der Waals surface area (Å²) in [6.07, 6.45) is 2.97. The molecule has 10 nitrogen and oxygen atoms in total. The molecular formula is C22H23F2N9O. The van der Waals surface area contributed by atoms with Gasteiger partial charge in [-0.1, -0.05) is 5.21 Å². The molecule has 2 aliphatic rings. The number of likely N-dealkylation sites (tertiary alicyclic amines) is 1. The number of nitrogens with zero attached hydrogens (tertiary/aromatic N) is 7. The molecule has 5 heterocycles. The Hall–Kier alpha value is -3.70. The van der Waals surface area contributed by atoms with Crippen LogP contribution in [0.3, 0.4) is 0 Å². The van der Waals surface area contributed by atoms with Crippen LogP contribution in [0.4, 0.5) is 14.7 Å². The molecule has 1 aliphatic heterocycles. The Morgan fingerprint density at radius 3 is 2.76 bits per heavy atom. The van der Waals surface area contributed by atoms with Gasteiger partial charge in [-0.05, 0) is 36.8 Å². The van der Waals surface area contributed by atoms with Gasteiger partial charge in [-0.15, -0.1) is 5.10 Å². The highest BCUT2D eigenvalue weighted by Crippen LogP contribution is 2.39. The predicted octanol–water partition coefficient (Wildman–Crippen LogP) is 2.70. The lowest BCUT2D eigenvalue weighted by atomic mass is 10.0. The van der Waals surface area contributed by atoms with E-state index in [-0.39, 0.29) is 11.9 Å². The molecule has 6 rings (SSSR count). The van der Waals surface area contributed by atoms with Crippen LogP contribution >= 0.6 is 0 Å². The van der Waals surface area contributed by atoms with E-state index >= 15 is 0 Å². The van der Waals surface area contributed by atoms with Crippen molar-refractivity contribution in [2.24, 2.45) is 11.8 Å². The highest BCUT2D eigenvalue weighted by molar-refractivity contribution is 5.93. The second kappa shape index (κ2) is 7.96. The molecule has 12 heteroatoms. The fourth-order valence-electron chi connectivity index (χ4n) is 5.30. The van der Waals surface area contributed by atoms with Crippen LogP contribution in [0.25, 0.3) is 33.5 Å². The molecule has 1 amide bonds. The number of carbonyl (C=O) groups is 1. The standard InChI is InChI=1S/C22H23F2N9O/c1-11(34)32-8-12-4-14(5-13(12)9-32)27-22-26-7-16-15(6-25-20(16)29-22)17-2-3-18-21(28-17)33(31-30-18)10-19(23)24/h2-3,6-7,12-14,19H,4-5,8-10H2,1H3,(H2,25,26,27,29)/t12-,13+,14+. The Labute approximate surface area is 192 Å². The van der Waals surface area contributed by atoms with Gasteiger partial charge in [-0.2, -0.15) is 4.98 Å². The van der Waals surface area contributed by atoms with Gasteiger partial charge in [0.1, 0.15) is 17.7 Å². The summed E-state index contributed by atoms with van der Waals surface area (Å²) in [5.74, 6) is 1.75. The number of carbonyl (C=O) groups excluding carboxylic acids is 1. The largest absolute Gasteiger partial charge is 0.351 e. The quantitative estimate of drug-likeness (QED) is 0.463. The lowest BCUT2D eigenvalue weighted by molar-refractivity contribution is -0.128. The molecule has 0 spiro atoms. The molecule has 0 unspecified atom stereocenters. The molecule has 1 aliphatic carbocycles. The molecule has 34 heavy (non-hydrogen) atoms. The van der Waals surface area contributed by atoms with Gasteiger partial charge in [0.15, 0.2) is 5.65 Å². The van der Waals surface area contributed by atoms with E-state index < -0.39 is 13.0 Å². The average Bonchev–Trinajstić information content (AvgIpc) is 3.55. The fraction of sp³-hybridized carbons (Fsp3) is 0.455. The lowest BCUT2D eigenvalue weighted by Gasteiger charge is -2.18. The number of anilines is 1. The van der Waals surface area contributed by atoms with E-state index in [1.54, 1.807) is 31.5 Å². The molecule has 0 aromatic carbocycles. The summed E-state index contributed by atoms with van der Waals surface area (Å²) < 4.78 is 26.8. The summed E-state index contributed by atoms with van der Waals surface area (Å²) in [7, 11) is 0. The highest BCUT2D eigenvalue weighted by atomic mass is 19.3. The predicted molar refractivity (Wildman–Crippen MR) is 120 cm³/mol. The second-order valence-electron chi connectivity index (χ2n) is 9.12. The van der Waals surface area contributed by atoms with E-state index in [1.807, 2.05) is 4.90 Å².